The average molecular weight is 416 g/mol. The minimum atomic E-state index is -0.901. The zero-order valence-electron chi connectivity index (χ0n) is 16.8. The SMILES string of the molecule is CCOC(=O)CCCn1c(=O)c2nc(-c3ccc(OC)cc3)c(F)nc2n(C)c1=O. The maximum Gasteiger partial charge on any atom is 0.332 e. The van der Waals surface area contributed by atoms with Gasteiger partial charge < -0.3 is 9.47 Å². The van der Waals surface area contributed by atoms with E-state index in [2.05, 4.69) is 9.97 Å². The number of aryl methyl sites for hydroxylation is 1. The Hall–Kier alpha value is -3.56. The molecule has 1 aromatic carbocycles. The number of hydrogen-bond donors (Lipinski definition) is 0. The molecule has 0 unspecified atom stereocenters. The van der Waals surface area contributed by atoms with Crippen molar-refractivity contribution in [3.63, 3.8) is 0 Å². The largest absolute Gasteiger partial charge is 0.497 e. The predicted molar refractivity (Wildman–Crippen MR) is 107 cm³/mol. The van der Waals surface area contributed by atoms with Crippen molar-refractivity contribution in [3.05, 3.63) is 51.1 Å². The highest BCUT2D eigenvalue weighted by molar-refractivity contribution is 5.73. The highest BCUT2D eigenvalue weighted by Gasteiger charge is 2.18. The van der Waals surface area contributed by atoms with Gasteiger partial charge in [0.05, 0.1) is 13.7 Å². The van der Waals surface area contributed by atoms with Crippen LogP contribution < -0.4 is 16.0 Å². The molecule has 0 spiro atoms. The number of hydrogen-bond acceptors (Lipinski definition) is 7. The van der Waals surface area contributed by atoms with Gasteiger partial charge in [0.1, 0.15) is 11.4 Å². The van der Waals surface area contributed by atoms with Crippen LogP contribution in [0.3, 0.4) is 0 Å². The first-order chi connectivity index (χ1) is 14.4. The molecule has 0 N–H and O–H groups in total. The van der Waals surface area contributed by atoms with Crippen LogP contribution in [0.4, 0.5) is 4.39 Å². The van der Waals surface area contributed by atoms with Gasteiger partial charge in [0.25, 0.3) is 5.56 Å². The monoisotopic (exact) mass is 416 g/mol. The number of aromatic nitrogens is 4. The van der Waals surface area contributed by atoms with E-state index in [9.17, 15) is 18.8 Å². The first-order valence-electron chi connectivity index (χ1n) is 9.34. The fraction of sp³-hybridized carbons (Fsp3) is 0.350. The van der Waals surface area contributed by atoms with Crippen LogP contribution in [0.5, 0.6) is 5.75 Å². The minimum absolute atomic E-state index is 0.00279. The molecular formula is C20H21FN4O5. The number of benzene rings is 1. The van der Waals surface area contributed by atoms with Gasteiger partial charge in [-0.25, -0.2) is 9.78 Å². The van der Waals surface area contributed by atoms with Crippen molar-refractivity contribution in [2.75, 3.05) is 13.7 Å². The van der Waals surface area contributed by atoms with E-state index >= 15 is 0 Å². The molecule has 0 saturated carbocycles. The molecule has 0 aliphatic rings. The number of ether oxygens (including phenoxy) is 2. The molecule has 0 atom stereocenters. The molecule has 2 aromatic heterocycles. The molecule has 0 aliphatic carbocycles. The van der Waals surface area contributed by atoms with Gasteiger partial charge in [0.15, 0.2) is 11.2 Å². The Morgan fingerprint density at radius 3 is 2.50 bits per heavy atom. The van der Waals surface area contributed by atoms with E-state index in [1.54, 1.807) is 31.2 Å². The molecule has 10 heteroatoms. The average Bonchev–Trinajstić information content (AvgIpc) is 2.74. The van der Waals surface area contributed by atoms with Crippen molar-refractivity contribution < 1.29 is 18.7 Å². The van der Waals surface area contributed by atoms with Gasteiger partial charge in [-0.05, 0) is 37.6 Å². The normalized spacial score (nSPS) is 10.9. The van der Waals surface area contributed by atoms with Gasteiger partial charge in [-0.3, -0.25) is 18.7 Å². The maximum absolute atomic E-state index is 14.6. The van der Waals surface area contributed by atoms with Crippen molar-refractivity contribution in [2.45, 2.75) is 26.3 Å². The van der Waals surface area contributed by atoms with Gasteiger partial charge in [-0.15, -0.1) is 0 Å². The summed E-state index contributed by atoms with van der Waals surface area (Å²) >= 11 is 0. The van der Waals surface area contributed by atoms with E-state index in [4.69, 9.17) is 9.47 Å². The third kappa shape index (κ3) is 4.07. The summed E-state index contributed by atoms with van der Waals surface area (Å²) in [6.45, 7) is 1.95. The Morgan fingerprint density at radius 2 is 1.87 bits per heavy atom. The van der Waals surface area contributed by atoms with Crippen LogP contribution in [0.15, 0.2) is 33.9 Å². The topological polar surface area (TPSA) is 105 Å². The molecule has 0 fully saturated rings. The molecule has 0 saturated heterocycles. The van der Waals surface area contributed by atoms with Crippen LogP contribution in [-0.2, 0) is 23.1 Å². The van der Waals surface area contributed by atoms with E-state index in [1.165, 1.54) is 14.2 Å². The van der Waals surface area contributed by atoms with Gasteiger partial charge in [0, 0.05) is 25.6 Å². The predicted octanol–water partition coefficient (Wildman–Crippen LogP) is 1.65. The van der Waals surface area contributed by atoms with Crippen LogP contribution >= 0.6 is 0 Å². The summed E-state index contributed by atoms with van der Waals surface area (Å²) in [6.07, 6.45) is 0.299. The third-order valence-corrected chi connectivity index (χ3v) is 4.55. The maximum atomic E-state index is 14.6. The van der Waals surface area contributed by atoms with Crippen molar-refractivity contribution in [2.24, 2.45) is 7.05 Å². The fourth-order valence-corrected chi connectivity index (χ4v) is 3.01. The molecule has 3 aromatic rings. The first-order valence-corrected chi connectivity index (χ1v) is 9.34. The molecular weight excluding hydrogens is 395 g/mol. The lowest BCUT2D eigenvalue weighted by atomic mass is 10.1. The third-order valence-electron chi connectivity index (χ3n) is 4.55. The number of rotatable bonds is 7. The van der Waals surface area contributed by atoms with Gasteiger partial charge in [-0.2, -0.15) is 9.37 Å². The number of methoxy groups -OCH3 is 1. The van der Waals surface area contributed by atoms with Crippen molar-refractivity contribution in [3.8, 4) is 17.0 Å². The van der Waals surface area contributed by atoms with Crippen LogP contribution in [0, 0.1) is 5.95 Å². The highest BCUT2D eigenvalue weighted by Crippen LogP contribution is 2.23. The summed E-state index contributed by atoms with van der Waals surface area (Å²) < 4.78 is 26.6. The summed E-state index contributed by atoms with van der Waals surface area (Å²) in [5.41, 5.74) is -1.35. The number of carbonyl (C=O) groups is 1. The van der Waals surface area contributed by atoms with Crippen molar-refractivity contribution in [1.82, 2.24) is 19.1 Å². The van der Waals surface area contributed by atoms with E-state index in [0.717, 1.165) is 9.13 Å². The van der Waals surface area contributed by atoms with Crippen LogP contribution in [-0.4, -0.2) is 38.8 Å². The van der Waals surface area contributed by atoms with E-state index in [0.29, 0.717) is 11.3 Å². The van der Waals surface area contributed by atoms with Gasteiger partial charge in [-0.1, -0.05) is 0 Å². The lowest BCUT2D eigenvalue weighted by Crippen LogP contribution is -2.40. The van der Waals surface area contributed by atoms with Gasteiger partial charge in [0.2, 0.25) is 5.95 Å². The lowest BCUT2D eigenvalue weighted by molar-refractivity contribution is -0.143. The highest BCUT2D eigenvalue weighted by atomic mass is 19.1. The van der Waals surface area contributed by atoms with E-state index in [-0.39, 0.29) is 42.9 Å². The number of fused-ring (bicyclic) bond motifs is 1. The number of esters is 1. The van der Waals surface area contributed by atoms with E-state index < -0.39 is 23.2 Å². The second kappa shape index (κ2) is 8.85. The molecule has 2 heterocycles. The minimum Gasteiger partial charge on any atom is -0.497 e. The zero-order chi connectivity index (χ0) is 21.8. The molecule has 0 aliphatic heterocycles. The molecule has 0 radical (unpaired) electrons. The molecule has 3 rings (SSSR count). The second-order valence-electron chi connectivity index (χ2n) is 6.47. The summed E-state index contributed by atoms with van der Waals surface area (Å²) in [5.74, 6) is -0.729. The second-order valence-corrected chi connectivity index (χ2v) is 6.47. The quantitative estimate of drug-likeness (QED) is 0.539. The zero-order valence-corrected chi connectivity index (χ0v) is 16.8. The number of carbonyl (C=O) groups excluding carboxylic acids is 1. The van der Waals surface area contributed by atoms with Crippen LogP contribution in [0.2, 0.25) is 0 Å². The Balaban J connectivity index is 2.05. The van der Waals surface area contributed by atoms with Gasteiger partial charge >= 0.3 is 11.7 Å². The summed E-state index contributed by atoms with van der Waals surface area (Å²) in [4.78, 5) is 44.9. The first kappa shape index (κ1) is 21.2. The van der Waals surface area contributed by atoms with E-state index in [1.807, 2.05) is 0 Å². The summed E-state index contributed by atoms with van der Waals surface area (Å²) in [7, 11) is 2.89. The molecule has 30 heavy (non-hydrogen) atoms. The molecule has 9 nitrogen and oxygen atoms in total. The fourth-order valence-electron chi connectivity index (χ4n) is 3.01. The molecule has 0 amide bonds. The van der Waals surface area contributed by atoms with Crippen LogP contribution in [0.1, 0.15) is 19.8 Å². The number of nitrogens with zero attached hydrogens (tertiary/aromatic N) is 4. The van der Waals surface area contributed by atoms with Crippen molar-refractivity contribution in [1.29, 1.82) is 0 Å². The Bertz CT molecular complexity index is 1200. The molecule has 0 bridgehead atoms. The van der Waals surface area contributed by atoms with Crippen molar-refractivity contribution >= 4 is 17.1 Å². The smallest absolute Gasteiger partial charge is 0.332 e. The Kier molecular flexibility index (Phi) is 6.24. The Morgan fingerprint density at radius 1 is 1.17 bits per heavy atom. The van der Waals surface area contributed by atoms with Crippen LogP contribution in [0.25, 0.3) is 22.4 Å². The summed E-state index contributed by atoms with van der Waals surface area (Å²) in [5, 5.41) is 0. The lowest BCUT2D eigenvalue weighted by Gasteiger charge is -2.11. The molecule has 158 valence electrons. The Labute approximate surface area is 170 Å². The number of halogens is 1. The standard InChI is InChI=1S/C20H21FN4O5/c1-4-30-14(26)6-5-11-25-19(27)16-18(24(2)20(25)28)23-17(21)15(22-16)12-7-9-13(29-3)10-8-12/h7-10H,4-6,11H2,1-3H3. The summed E-state index contributed by atoms with van der Waals surface area (Å²) in [6, 6.07) is 6.46.